The minimum Gasteiger partial charge on any atom is -0.375 e. The summed E-state index contributed by atoms with van der Waals surface area (Å²) in [6, 6.07) is 0. The van der Waals surface area contributed by atoms with E-state index in [1.54, 1.807) is 0 Å². The van der Waals surface area contributed by atoms with Gasteiger partial charge >= 0.3 is 0 Å². The third kappa shape index (κ3) is 3.83. The highest BCUT2D eigenvalue weighted by molar-refractivity contribution is 4.81. The zero-order chi connectivity index (χ0) is 13.6. The van der Waals surface area contributed by atoms with E-state index in [2.05, 4.69) is 14.5 Å². The molecule has 1 saturated heterocycles. The highest BCUT2D eigenvalue weighted by Gasteiger charge is 2.28. The molecule has 1 aromatic heterocycles. The van der Waals surface area contributed by atoms with Crippen LogP contribution < -0.4 is 0 Å². The Hall–Kier alpha value is -0.870. The van der Waals surface area contributed by atoms with Crippen molar-refractivity contribution in [2.45, 2.75) is 51.2 Å². The van der Waals surface area contributed by atoms with Crippen molar-refractivity contribution in [3.8, 4) is 0 Å². The van der Waals surface area contributed by atoms with Gasteiger partial charge in [0.2, 0.25) is 0 Å². The maximum absolute atomic E-state index is 6.04. The molecule has 2 heterocycles. The number of aromatic nitrogens is 2. The van der Waals surface area contributed by atoms with E-state index in [0.29, 0.717) is 6.10 Å². The summed E-state index contributed by atoms with van der Waals surface area (Å²) < 4.78 is 8.21. The van der Waals surface area contributed by atoms with Crippen LogP contribution in [0.1, 0.15) is 38.5 Å². The summed E-state index contributed by atoms with van der Waals surface area (Å²) in [5.41, 5.74) is 0. The molecule has 0 N–H and O–H groups in total. The zero-order valence-corrected chi connectivity index (χ0v) is 12.4. The van der Waals surface area contributed by atoms with Crippen LogP contribution in [0, 0.1) is 5.92 Å². The molecule has 2 aliphatic rings. The molecule has 0 bridgehead atoms. The topological polar surface area (TPSA) is 30.3 Å². The molecule has 0 amide bonds. The first kappa shape index (κ1) is 14.1. The van der Waals surface area contributed by atoms with Gasteiger partial charge in [-0.2, -0.15) is 0 Å². The Balaban J connectivity index is 1.40. The summed E-state index contributed by atoms with van der Waals surface area (Å²) in [4.78, 5) is 6.69. The maximum Gasteiger partial charge on any atom is 0.0945 e. The van der Waals surface area contributed by atoms with Gasteiger partial charge in [-0.1, -0.05) is 19.3 Å². The standard InChI is InChI=1S/C16H27N3O/c1-2-5-15(6-3-1)16-13-18(11-12-20-16)8-4-9-19-10-7-17-14-19/h7,10,14-16H,1-6,8-9,11-13H2. The van der Waals surface area contributed by atoms with Gasteiger partial charge < -0.3 is 9.30 Å². The second-order valence-corrected chi connectivity index (χ2v) is 6.26. The van der Waals surface area contributed by atoms with Gasteiger partial charge in [-0.3, -0.25) is 4.90 Å². The van der Waals surface area contributed by atoms with Crippen LogP contribution in [0.2, 0.25) is 0 Å². The molecular formula is C16H27N3O. The molecule has 1 unspecified atom stereocenters. The van der Waals surface area contributed by atoms with E-state index in [0.717, 1.165) is 32.2 Å². The zero-order valence-electron chi connectivity index (χ0n) is 12.4. The Bertz CT molecular complexity index is 373. The van der Waals surface area contributed by atoms with E-state index in [9.17, 15) is 0 Å². The van der Waals surface area contributed by atoms with Gasteiger partial charge in [-0.15, -0.1) is 0 Å². The SMILES string of the molecule is c1cn(CCCN2CCOC(C3CCCCC3)C2)cn1. The van der Waals surface area contributed by atoms with Crippen molar-refractivity contribution >= 4 is 0 Å². The summed E-state index contributed by atoms with van der Waals surface area (Å²) in [6.45, 7) is 5.43. The molecule has 112 valence electrons. The van der Waals surface area contributed by atoms with Crippen molar-refractivity contribution in [1.29, 1.82) is 0 Å². The van der Waals surface area contributed by atoms with Gasteiger partial charge in [-0.25, -0.2) is 4.98 Å². The second kappa shape index (κ2) is 7.23. The first-order valence-electron chi connectivity index (χ1n) is 8.21. The predicted octanol–water partition coefficient (Wildman–Crippen LogP) is 2.55. The van der Waals surface area contributed by atoms with E-state index in [1.165, 1.54) is 45.1 Å². The fraction of sp³-hybridized carbons (Fsp3) is 0.812. The van der Waals surface area contributed by atoms with Crippen molar-refractivity contribution < 1.29 is 4.74 Å². The third-order valence-electron chi connectivity index (χ3n) is 4.80. The lowest BCUT2D eigenvalue weighted by atomic mass is 9.84. The average molecular weight is 277 g/mol. The van der Waals surface area contributed by atoms with Crippen LogP contribution in [0.5, 0.6) is 0 Å². The molecule has 1 saturated carbocycles. The number of hydrogen-bond acceptors (Lipinski definition) is 3. The molecule has 1 aromatic rings. The third-order valence-corrected chi connectivity index (χ3v) is 4.80. The number of nitrogens with zero attached hydrogens (tertiary/aromatic N) is 3. The molecule has 2 fully saturated rings. The maximum atomic E-state index is 6.04. The second-order valence-electron chi connectivity index (χ2n) is 6.26. The van der Waals surface area contributed by atoms with Gasteiger partial charge in [0.25, 0.3) is 0 Å². The molecule has 0 spiro atoms. The smallest absolute Gasteiger partial charge is 0.0945 e. The molecule has 0 aromatic carbocycles. The quantitative estimate of drug-likeness (QED) is 0.828. The van der Waals surface area contributed by atoms with Crippen molar-refractivity contribution in [2.24, 2.45) is 5.92 Å². The first-order chi connectivity index (χ1) is 9.92. The number of ether oxygens (including phenoxy) is 1. The van der Waals surface area contributed by atoms with Gasteiger partial charge in [0.1, 0.15) is 0 Å². The van der Waals surface area contributed by atoms with E-state index < -0.39 is 0 Å². The summed E-state index contributed by atoms with van der Waals surface area (Å²) in [7, 11) is 0. The highest BCUT2D eigenvalue weighted by atomic mass is 16.5. The number of aryl methyl sites for hydroxylation is 1. The molecule has 3 rings (SSSR count). The molecule has 1 atom stereocenters. The van der Waals surface area contributed by atoms with Crippen LogP contribution in [0.15, 0.2) is 18.7 Å². The molecular weight excluding hydrogens is 250 g/mol. The number of hydrogen-bond donors (Lipinski definition) is 0. The lowest BCUT2D eigenvalue weighted by Gasteiger charge is -2.38. The number of morpholine rings is 1. The Morgan fingerprint density at radius 3 is 2.85 bits per heavy atom. The van der Waals surface area contributed by atoms with Gasteiger partial charge in [0.15, 0.2) is 0 Å². The fourth-order valence-electron chi connectivity index (χ4n) is 3.62. The summed E-state index contributed by atoms with van der Waals surface area (Å²) in [6.07, 6.45) is 14.5. The first-order valence-corrected chi connectivity index (χ1v) is 8.21. The Morgan fingerprint density at radius 1 is 1.15 bits per heavy atom. The van der Waals surface area contributed by atoms with Gasteiger partial charge in [-0.05, 0) is 25.2 Å². The van der Waals surface area contributed by atoms with Gasteiger partial charge in [0.05, 0.1) is 19.0 Å². The minimum absolute atomic E-state index is 0.497. The molecule has 0 radical (unpaired) electrons. The predicted molar refractivity (Wildman–Crippen MR) is 79.6 cm³/mol. The summed E-state index contributed by atoms with van der Waals surface area (Å²) >= 11 is 0. The fourth-order valence-corrected chi connectivity index (χ4v) is 3.62. The molecule has 1 aliphatic heterocycles. The largest absolute Gasteiger partial charge is 0.375 e. The van der Waals surface area contributed by atoms with E-state index >= 15 is 0 Å². The molecule has 4 heteroatoms. The van der Waals surface area contributed by atoms with Gasteiger partial charge in [0, 0.05) is 38.6 Å². The van der Waals surface area contributed by atoms with Crippen molar-refractivity contribution in [2.75, 3.05) is 26.2 Å². The van der Waals surface area contributed by atoms with Crippen molar-refractivity contribution in [1.82, 2.24) is 14.5 Å². The van der Waals surface area contributed by atoms with Crippen LogP contribution in [-0.2, 0) is 11.3 Å². The van der Waals surface area contributed by atoms with Crippen LogP contribution >= 0.6 is 0 Å². The normalized spacial score (nSPS) is 25.9. The van der Waals surface area contributed by atoms with E-state index in [-0.39, 0.29) is 0 Å². The Morgan fingerprint density at radius 2 is 2.05 bits per heavy atom. The van der Waals surface area contributed by atoms with Crippen LogP contribution in [0.25, 0.3) is 0 Å². The van der Waals surface area contributed by atoms with Crippen LogP contribution in [0.3, 0.4) is 0 Å². The Labute approximate surface area is 122 Å². The molecule has 4 nitrogen and oxygen atoms in total. The monoisotopic (exact) mass is 277 g/mol. The number of imidazole rings is 1. The minimum atomic E-state index is 0.497. The Kier molecular flexibility index (Phi) is 5.09. The average Bonchev–Trinajstić information content (AvgIpc) is 3.02. The van der Waals surface area contributed by atoms with E-state index in [1.807, 2.05) is 18.7 Å². The highest BCUT2D eigenvalue weighted by Crippen LogP contribution is 2.29. The van der Waals surface area contributed by atoms with Crippen molar-refractivity contribution in [3.63, 3.8) is 0 Å². The lowest BCUT2D eigenvalue weighted by molar-refractivity contribution is -0.0649. The van der Waals surface area contributed by atoms with E-state index in [4.69, 9.17) is 4.74 Å². The summed E-state index contributed by atoms with van der Waals surface area (Å²) in [5, 5.41) is 0. The lowest BCUT2D eigenvalue weighted by Crippen LogP contribution is -2.46. The number of rotatable bonds is 5. The van der Waals surface area contributed by atoms with Crippen LogP contribution in [-0.4, -0.2) is 46.8 Å². The van der Waals surface area contributed by atoms with Crippen molar-refractivity contribution in [3.05, 3.63) is 18.7 Å². The van der Waals surface area contributed by atoms with Crippen LogP contribution in [0.4, 0.5) is 0 Å². The molecule has 1 aliphatic carbocycles. The summed E-state index contributed by atoms with van der Waals surface area (Å²) in [5.74, 6) is 0.820. The molecule has 20 heavy (non-hydrogen) atoms.